The lowest BCUT2D eigenvalue weighted by atomic mass is 9.53. The Balaban J connectivity index is 2.04. The van der Waals surface area contributed by atoms with Crippen molar-refractivity contribution in [2.45, 2.75) is 52.4 Å². The van der Waals surface area contributed by atoms with E-state index in [4.69, 9.17) is 4.52 Å². The maximum absolute atomic E-state index is 11.7. The molecule has 1 amide bonds. The largest absolute Gasteiger partial charge is 0.361 e. The highest BCUT2D eigenvalue weighted by molar-refractivity contribution is 5.73. The number of hydrogen-bond donors (Lipinski definition) is 0. The third-order valence-corrected chi connectivity index (χ3v) is 5.79. The van der Waals surface area contributed by atoms with Crippen molar-refractivity contribution in [3.05, 3.63) is 17.5 Å². The van der Waals surface area contributed by atoms with Gasteiger partial charge in [0.25, 0.3) is 0 Å². The zero-order valence-corrected chi connectivity index (χ0v) is 12.9. The maximum atomic E-state index is 11.7. The van der Waals surface area contributed by atoms with Gasteiger partial charge >= 0.3 is 0 Å². The Morgan fingerprint density at radius 2 is 2.30 bits per heavy atom. The van der Waals surface area contributed by atoms with Gasteiger partial charge in [0.15, 0.2) is 0 Å². The molecule has 110 valence electrons. The highest BCUT2D eigenvalue weighted by Crippen LogP contribution is 2.55. The quantitative estimate of drug-likeness (QED) is 0.792. The minimum absolute atomic E-state index is 0.0434. The number of carbonyl (C=O) groups is 1. The van der Waals surface area contributed by atoms with Gasteiger partial charge in [0.05, 0.1) is 6.20 Å². The molecule has 3 atom stereocenters. The molecule has 1 aromatic rings. The summed E-state index contributed by atoms with van der Waals surface area (Å²) in [5.41, 5.74) is 1.41. The molecule has 4 nitrogen and oxygen atoms in total. The van der Waals surface area contributed by atoms with E-state index < -0.39 is 0 Å². The van der Waals surface area contributed by atoms with E-state index in [-0.39, 0.29) is 16.7 Å². The first-order valence-corrected chi connectivity index (χ1v) is 7.60. The van der Waals surface area contributed by atoms with Gasteiger partial charge in [-0.15, -0.1) is 0 Å². The van der Waals surface area contributed by atoms with Crippen LogP contribution < -0.4 is 0 Å². The fourth-order valence-corrected chi connectivity index (χ4v) is 4.65. The van der Waals surface area contributed by atoms with E-state index in [0.717, 1.165) is 38.1 Å². The van der Waals surface area contributed by atoms with Crippen molar-refractivity contribution in [1.82, 2.24) is 10.1 Å². The molecular formula is C16H24N2O2. The van der Waals surface area contributed by atoms with Crippen LogP contribution in [0, 0.1) is 11.3 Å². The molecule has 1 fully saturated rings. The van der Waals surface area contributed by atoms with Gasteiger partial charge in [-0.3, -0.25) is 4.79 Å². The van der Waals surface area contributed by atoms with Crippen molar-refractivity contribution in [3.8, 4) is 0 Å². The standard InChI is InChI=1S/C16H24N2O2/c1-5-16(4)13-6-7-18(11(2)19)10-15(13,3)8-12-9-17-20-14(12)16/h9,13H,5-8,10H2,1-4H3/t13-,15-,16-/m0/s1. The van der Waals surface area contributed by atoms with Crippen molar-refractivity contribution >= 4 is 5.91 Å². The third kappa shape index (κ3) is 1.73. The Hall–Kier alpha value is -1.32. The first-order valence-electron chi connectivity index (χ1n) is 7.60. The van der Waals surface area contributed by atoms with Gasteiger partial charge in [-0.25, -0.2) is 0 Å². The Bertz CT molecular complexity index is 538. The summed E-state index contributed by atoms with van der Waals surface area (Å²) in [4.78, 5) is 13.7. The van der Waals surface area contributed by atoms with E-state index in [1.807, 2.05) is 11.1 Å². The molecule has 3 rings (SSSR count). The van der Waals surface area contributed by atoms with Crippen LogP contribution in [0.25, 0.3) is 0 Å². The fraction of sp³-hybridized carbons (Fsp3) is 0.750. The minimum atomic E-state index is 0.0434. The molecule has 1 aromatic heterocycles. The normalized spacial score (nSPS) is 36.4. The number of amides is 1. The van der Waals surface area contributed by atoms with E-state index in [9.17, 15) is 4.79 Å². The van der Waals surface area contributed by atoms with Gasteiger partial charge in [0.1, 0.15) is 5.76 Å². The second kappa shape index (κ2) is 4.34. The number of aromatic nitrogens is 1. The Morgan fingerprint density at radius 3 is 2.95 bits per heavy atom. The molecule has 0 radical (unpaired) electrons. The summed E-state index contributed by atoms with van der Waals surface area (Å²) in [6, 6.07) is 0. The van der Waals surface area contributed by atoms with Crippen LogP contribution in [0.5, 0.6) is 0 Å². The van der Waals surface area contributed by atoms with E-state index in [1.54, 1.807) is 6.92 Å². The molecule has 2 heterocycles. The molecule has 0 spiro atoms. The van der Waals surface area contributed by atoms with Crippen LogP contribution >= 0.6 is 0 Å². The SMILES string of the molecule is CC[C@]1(C)c2oncc2C[C@@]2(C)CN(C(C)=O)CC[C@@H]21. The summed E-state index contributed by atoms with van der Waals surface area (Å²) in [6.45, 7) is 10.3. The van der Waals surface area contributed by atoms with Crippen LogP contribution in [0.4, 0.5) is 0 Å². The van der Waals surface area contributed by atoms with E-state index in [2.05, 4.69) is 25.9 Å². The molecule has 1 aliphatic heterocycles. The second-order valence-corrected chi connectivity index (χ2v) is 7.06. The first kappa shape index (κ1) is 13.7. The van der Waals surface area contributed by atoms with Crippen molar-refractivity contribution in [2.75, 3.05) is 13.1 Å². The van der Waals surface area contributed by atoms with Crippen LogP contribution in [0.3, 0.4) is 0 Å². The van der Waals surface area contributed by atoms with Gasteiger partial charge in [-0.05, 0) is 30.6 Å². The number of likely N-dealkylation sites (tertiary alicyclic amines) is 1. The number of piperidine rings is 1. The summed E-state index contributed by atoms with van der Waals surface area (Å²) in [5.74, 6) is 1.83. The van der Waals surface area contributed by atoms with Gasteiger partial charge < -0.3 is 9.42 Å². The molecule has 0 bridgehead atoms. The van der Waals surface area contributed by atoms with Crippen LogP contribution in [0.2, 0.25) is 0 Å². The highest BCUT2D eigenvalue weighted by Gasteiger charge is 2.55. The van der Waals surface area contributed by atoms with E-state index in [0.29, 0.717) is 5.92 Å². The van der Waals surface area contributed by atoms with Crippen LogP contribution in [-0.4, -0.2) is 29.1 Å². The molecule has 0 N–H and O–H groups in total. The smallest absolute Gasteiger partial charge is 0.219 e. The van der Waals surface area contributed by atoms with Crippen molar-refractivity contribution < 1.29 is 9.32 Å². The number of rotatable bonds is 1. The summed E-state index contributed by atoms with van der Waals surface area (Å²) in [6.07, 6.45) is 4.95. The molecule has 0 unspecified atom stereocenters. The lowest BCUT2D eigenvalue weighted by Gasteiger charge is -2.55. The topological polar surface area (TPSA) is 46.3 Å². The van der Waals surface area contributed by atoms with Gasteiger partial charge in [0, 0.05) is 31.0 Å². The summed E-state index contributed by atoms with van der Waals surface area (Å²) >= 11 is 0. The summed E-state index contributed by atoms with van der Waals surface area (Å²) < 4.78 is 5.60. The van der Waals surface area contributed by atoms with Gasteiger partial charge in [-0.1, -0.05) is 25.9 Å². The minimum Gasteiger partial charge on any atom is -0.361 e. The molecule has 20 heavy (non-hydrogen) atoms. The van der Waals surface area contributed by atoms with Crippen LogP contribution in [0.1, 0.15) is 51.9 Å². The Labute approximate surface area is 120 Å². The fourth-order valence-electron chi connectivity index (χ4n) is 4.65. The van der Waals surface area contributed by atoms with Gasteiger partial charge in [-0.2, -0.15) is 0 Å². The maximum Gasteiger partial charge on any atom is 0.219 e. The van der Waals surface area contributed by atoms with Crippen molar-refractivity contribution in [3.63, 3.8) is 0 Å². The predicted octanol–water partition coefficient (Wildman–Crippen LogP) is 2.77. The lowest BCUT2D eigenvalue weighted by molar-refractivity contribution is -0.135. The van der Waals surface area contributed by atoms with Crippen molar-refractivity contribution in [1.29, 1.82) is 0 Å². The zero-order chi connectivity index (χ0) is 14.5. The average molecular weight is 276 g/mol. The molecule has 0 saturated carbocycles. The molecule has 4 heteroatoms. The monoisotopic (exact) mass is 276 g/mol. The number of fused-ring (bicyclic) bond motifs is 2. The second-order valence-electron chi connectivity index (χ2n) is 7.06. The Kier molecular flexibility index (Phi) is 2.96. The number of nitrogens with zero attached hydrogens (tertiary/aromatic N) is 2. The Morgan fingerprint density at radius 1 is 1.55 bits per heavy atom. The lowest BCUT2D eigenvalue weighted by Crippen LogP contribution is -2.57. The van der Waals surface area contributed by atoms with Crippen LogP contribution in [-0.2, 0) is 16.6 Å². The summed E-state index contributed by atoms with van der Waals surface area (Å²) in [5, 5.41) is 4.03. The third-order valence-electron chi connectivity index (χ3n) is 5.79. The number of hydrogen-bond acceptors (Lipinski definition) is 3. The highest BCUT2D eigenvalue weighted by atomic mass is 16.5. The van der Waals surface area contributed by atoms with E-state index >= 15 is 0 Å². The van der Waals surface area contributed by atoms with Crippen molar-refractivity contribution in [2.24, 2.45) is 11.3 Å². The predicted molar refractivity (Wildman–Crippen MR) is 76.3 cm³/mol. The molecule has 1 saturated heterocycles. The van der Waals surface area contributed by atoms with E-state index in [1.165, 1.54) is 5.56 Å². The molecule has 1 aliphatic carbocycles. The first-order chi connectivity index (χ1) is 9.40. The van der Waals surface area contributed by atoms with Gasteiger partial charge in [0.2, 0.25) is 5.91 Å². The molecule has 0 aromatic carbocycles. The van der Waals surface area contributed by atoms with Crippen LogP contribution in [0.15, 0.2) is 10.7 Å². The molecule has 2 aliphatic rings. The summed E-state index contributed by atoms with van der Waals surface area (Å²) in [7, 11) is 0. The average Bonchev–Trinajstić information content (AvgIpc) is 2.85. The number of carbonyl (C=O) groups excluding carboxylic acids is 1. The zero-order valence-electron chi connectivity index (χ0n) is 12.9. The molecular weight excluding hydrogens is 252 g/mol.